The largest absolute Gasteiger partial charge is 0.338 e. The molecule has 0 bridgehead atoms. The third-order valence-corrected chi connectivity index (χ3v) is 5.90. The molecule has 2 aromatic rings. The van der Waals surface area contributed by atoms with Gasteiger partial charge < -0.3 is 9.80 Å². The van der Waals surface area contributed by atoms with Gasteiger partial charge in [-0.05, 0) is 50.9 Å². The van der Waals surface area contributed by atoms with Crippen LogP contribution in [0, 0.1) is 10.1 Å². The van der Waals surface area contributed by atoms with E-state index < -0.39 is 4.92 Å². The van der Waals surface area contributed by atoms with E-state index in [0.717, 1.165) is 31.5 Å². The van der Waals surface area contributed by atoms with Crippen molar-refractivity contribution in [1.82, 2.24) is 20.0 Å². The minimum atomic E-state index is -0.435. The molecule has 2 fully saturated rings. The Bertz CT molecular complexity index is 834. The van der Waals surface area contributed by atoms with Crippen LogP contribution in [-0.2, 0) is 0 Å². The Labute approximate surface area is 163 Å². The van der Waals surface area contributed by atoms with Crippen LogP contribution < -0.4 is 0 Å². The second-order valence-electron chi connectivity index (χ2n) is 7.58. The lowest BCUT2D eigenvalue weighted by Crippen LogP contribution is -2.48. The summed E-state index contributed by atoms with van der Waals surface area (Å²) < 4.78 is 0. The van der Waals surface area contributed by atoms with Crippen molar-refractivity contribution in [3.63, 3.8) is 0 Å². The molecule has 2 aliphatic heterocycles. The standard InChI is InChI=1S/C20H25N5O3/c26-20(24-12-8-16(9-13-24)23-10-2-1-3-11-23)18-14-21-22-19(18)15-4-6-17(7-5-15)25(27)28/h4-7,14,16H,1-3,8-13H2,(H,21,22). The molecule has 1 aromatic carbocycles. The number of nitro benzene ring substituents is 1. The monoisotopic (exact) mass is 383 g/mol. The van der Waals surface area contributed by atoms with Crippen LogP contribution in [0.1, 0.15) is 42.5 Å². The van der Waals surface area contributed by atoms with Crippen LogP contribution in [0.2, 0.25) is 0 Å². The van der Waals surface area contributed by atoms with E-state index >= 15 is 0 Å². The molecule has 2 saturated heterocycles. The third kappa shape index (κ3) is 3.77. The van der Waals surface area contributed by atoms with Gasteiger partial charge in [0, 0.05) is 36.8 Å². The summed E-state index contributed by atoms with van der Waals surface area (Å²) in [6.07, 6.45) is 7.47. The first-order valence-electron chi connectivity index (χ1n) is 9.95. The molecule has 28 heavy (non-hydrogen) atoms. The first kappa shape index (κ1) is 18.6. The Kier molecular flexibility index (Phi) is 5.38. The van der Waals surface area contributed by atoms with Gasteiger partial charge in [-0.15, -0.1) is 0 Å². The summed E-state index contributed by atoms with van der Waals surface area (Å²) in [4.78, 5) is 28.0. The van der Waals surface area contributed by atoms with Crippen molar-refractivity contribution in [3.8, 4) is 11.3 Å². The summed E-state index contributed by atoms with van der Waals surface area (Å²) in [5, 5.41) is 17.8. The highest BCUT2D eigenvalue weighted by Crippen LogP contribution is 2.27. The zero-order valence-electron chi connectivity index (χ0n) is 15.8. The summed E-state index contributed by atoms with van der Waals surface area (Å²) in [6, 6.07) is 6.75. The molecule has 0 aliphatic carbocycles. The molecule has 3 heterocycles. The molecule has 0 radical (unpaired) electrons. The van der Waals surface area contributed by atoms with Crippen LogP contribution in [0.3, 0.4) is 0 Å². The molecule has 4 rings (SSSR count). The number of H-pyrrole nitrogens is 1. The fourth-order valence-corrected chi connectivity index (χ4v) is 4.31. The number of piperidine rings is 2. The smallest absolute Gasteiger partial charge is 0.269 e. The van der Waals surface area contributed by atoms with Crippen LogP contribution in [0.4, 0.5) is 5.69 Å². The predicted octanol–water partition coefficient (Wildman–Crippen LogP) is 3.08. The van der Waals surface area contributed by atoms with E-state index in [9.17, 15) is 14.9 Å². The molecule has 8 nitrogen and oxygen atoms in total. The van der Waals surface area contributed by atoms with Gasteiger partial charge in [0.2, 0.25) is 0 Å². The van der Waals surface area contributed by atoms with Crippen molar-refractivity contribution in [3.05, 3.63) is 46.1 Å². The van der Waals surface area contributed by atoms with E-state index in [0.29, 0.717) is 17.3 Å². The number of benzene rings is 1. The van der Waals surface area contributed by atoms with E-state index in [2.05, 4.69) is 15.1 Å². The van der Waals surface area contributed by atoms with Gasteiger partial charge >= 0.3 is 0 Å². The Morgan fingerprint density at radius 1 is 1.07 bits per heavy atom. The molecule has 1 amide bonds. The average molecular weight is 383 g/mol. The van der Waals surface area contributed by atoms with Crippen LogP contribution in [0.25, 0.3) is 11.3 Å². The fraction of sp³-hybridized carbons (Fsp3) is 0.500. The number of carbonyl (C=O) groups is 1. The number of hydrogen-bond acceptors (Lipinski definition) is 5. The van der Waals surface area contributed by atoms with Crippen molar-refractivity contribution in [2.24, 2.45) is 0 Å². The topological polar surface area (TPSA) is 95.4 Å². The lowest BCUT2D eigenvalue weighted by atomic mass is 9.99. The van der Waals surface area contributed by atoms with E-state index in [4.69, 9.17) is 0 Å². The van der Waals surface area contributed by atoms with Crippen molar-refractivity contribution in [2.75, 3.05) is 26.2 Å². The summed E-state index contributed by atoms with van der Waals surface area (Å²) in [5.74, 6) is -0.0285. The number of carbonyl (C=O) groups excluding carboxylic acids is 1. The van der Waals surface area contributed by atoms with E-state index in [1.807, 2.05) is 4.90 Å². The van der Waals surface area contributed by atoms with Crippen molar-refractivity contribution < 1.29 is 9.72 Å². The summed E-state index contributed by atoms with van der Waals surface area (Å²) >= 11 is 0. The highest BCUT2D eigenvalue weighted by atomic mass is 16.6. The van der Waals surface area contributed by atoms with Crippen molar-refractivity contribution in [1.29, 1.82) is 0 Å². The second-order valence-corrected chi connectivity index (χ2v) is 7.58. The van der Waals surface area contributed by atoms with Crippen molar-refractivity contribution in [2.45, 2.75) is 38.1 Å². The third-order valence-electron chi connectivity index (χ3n) is 5.90. The Morgan fingerprint density at radius 3 is 2.39 bits per heavy atom. The van der Waals surface area contributed by atoms with Gasteiger partial charge in [0.05, 0.1) is 22.4 Å². The molecular formula is C20H25N5O3. The lowest BCUT2D eigenvalue weighted by molar-refractivity contribution is -0.384. The van der Waals surface area contributed by atoms with Crippen LogP contribution in [-0.4, -0.2) is 63.0 Å². The van der Waals surface area contributed by atoms with E-state index in [1.54, 1.807) is 18.3 Å². The SMILES string of the molecule is O=C(c1cn[nH]c1-c1ccc([N+](=O)[O-])cc1)N1CCC(N2CCCCC2)CC1. The highest BCUT2D eigenvalue weighted by molar-refractivity contribution is 5.99. The normalized spacial score (nSPS) is 18.9. The molecular weight excluding hydrogens is 358 g/mol. The van der Waals surface area contributed by atoms with E-state index in [1.165, 1.54) is 44.5 Å². The number of hydrogen-bond donors (Lipinski definition) is 1. The van der Waals surface area contributed by atoms with E-state index in [-0.39, 0.29) is 11.6 Å². The van der Waals surface area contributed by atoms with Gasteiger partial charge in [-0.3, -0.25) is 20.0 Å². The average Bonchev–Trinajstić information content (AvgIpc) is 3.24. The minimum absolute atomic E-state index is 0.0240. The Hall–Kier alpha value is -2.74. The molecule has 1 N–H and O–H groups in total. The first-order chi connectivity index (χ1) is 13.6. The van der Waals surface area contributed by atoms with Crippen LogP contribution in [0.15, 0.2) is 30.5 Å². The molecule has 0 unspecified atom stereocenters. The number of aromatic nitrogens is 2. The lowest BCUT2D eigenvalue weighted by Gasteiger charge is -2.40. The first-order valence-corrected chi connectivity index (χ1v) is 9.95. The molecule has 0 atom stereocenters. The maximum atomic E-state index is 13.1. The molecule has 0 saturated carbocycles. The van der Waals surface area contributed by atoms with Crippen LogP contribution >= 0.6 is 0 Å². The highest BCUT2D eigenvalue weighted by Gasteiger charge is 2.29. The summed E-state index contributed by atoms with van der Waals surface area (Å²) in [7, 11) is 0. The molecule has 148 valence electrons. The number of non-ortho nitro benzene ring substituents is 1. The zero-order chi connectivity index (χ0) is 19.5. The predicted molar refractivity (Wildman–Crippen MR) is 105 cm³/mol. The molecule has 1 aromatic heterocycles. The van der Waals surface area contributed by atoms with Gasteiger partial charge in [-0.1, -0.05) is 6.42 Å². The number of rotatable bonds is 4. The van der Waals surface area contributed by atoms with Gasteiger partial charge in [0.25, 0.3) is 11.6 Å². The summed E-state index contributed by atoms with van der Waals surface area (Å²) in [6.45, 7) is 3.88. The van der Waals surface area contributed by atoms with Gasteiger partial charge in [0.1, 0.15) is 0 Å². The molecule has 0 spiro atoms. The fourth-order valence-electron chi connectivity index (χ4n) is 4.31. The molecule has 8 heteroatoms. The zero-order valence-corrected chi connectivity index (χ0v) is 15.8. The second kappa shape index (κ2) is 8.10. The van der Waals surface area contributed by atoms with Gasteiger partial charge in [-0.25, -0.2) is 0 Å². The molecule has 2 aliphatic rings. The van der Waals surface area contributed by atoms with Crippen molar-refractivity contribution >= 4 is 11.6 Å². The number of nitro groups is 1. The number of amides is 1. The Morgan fingerprint density at radius 2 is 1.75 bits per heavy atom. The minimum Gasteiger partial charge on any atom is -0.338 e. The number of likely N-dealkylation sites (tertiary alicyclic amines) is 2. The maximum absolute atomic E-state index is 13.1. The quantitative estimate of drug-likeness (QED) is 0.647. The Balaban J connectivity index is 1.43. The van der Waals surface area contributed by atoms with Gasteiger partial charge in [-0.2, -0.15) is 5.10 Å². The van der Waals surface area contributed by atoms with Gasteiger partial charge in [0.15, 0.2) is 0 Å². The number of nitrogens with one attached hydrogen (secondary N) is 1. The maximum Gasteiger partial charge on any atom is 0.269 e. The number of nitrogens with zero attached hydrogens (tertiary/aromatic N) is 4. The summed E-state index contributed by atoms with van der Waals surface area (Å²) in [5.41, 5.74) is 1.87. The number of aromatic amines is 1. The van der Waals surface area contributed by atoms with Crippen LogP contribution in [0.5, 0.6) is 0 Å².